The molecule has 1 aliphatic carbocycles. The Balaban J connectivity index is 1.99. The van der Waals surface area contributed by atoms with Crippen LogP contribution in [-0.4, -0.2) is 37.8 Å². The van der Waals surface area contributed by atoms with E-state index in [1.54, 1.807) is 10.9 Å². The normalized spacial score (nSPS) is 23.3. The maximum Gasteiger partial charge on any atom is 0.243 e. The molecule has 7 heteroatoms. The van der Waals surface area contributed by atoms with E-state index in [0.717, 1.165) is 32.2 Å². The maximum atomic E-state index is 12.4. The molecule has 0 spiro atoms. The summed E-state index contributed by atoms with van der Waals surface area (Å²) in [4.78, 5) is 0.261. The van der Waals surface area contributed by atoms with Gasteiger partial charge in [-0.25, -0.2) is 13.1 Å². The highest BCUT2D eigenvalue weighted by Crippen LogP contribution is 2.27. The van der Waals surface area contributed by atoms with E-state index in [-0.39, 0.29) is 10.9 Å². The highest BCUT2D eigenvalue weighted by molar-refractivity contribution is 7.89. The average molecular weight is 314 g/mol. The minimum absolute atomic E-state index is 0.0642. The summed E-state index contributed by atoms with van der Waals surface area (Å²) in [6.07, 6.45) is 8.36. The Kier molecular flexibility index (Phi) is 5.78. The summed E-state index contributed by atoms with van der Waals surface area (Å²) in [5.74, 6) is 0.643. The number of sulfonamides is 1. The van der Waals surface area contributed by atoms with Gasteiger partial charge in [0.2, 0.25) is 10.0 Å². The van der Waals surface area contributed by atoms with Crippen molar-refractivity contribution in [2.24, 2.45) is 5.92 Å². The molecular formula is C14H26N4O2S. The minimum atomic E-state index is -3.45. The molecule has 120 valence electrons. The summed E-state index contributed by atoms with van der Waals surface area (Å²) in [5.41, 5.74) is 0. The van der Waals surface area contributed by atoms with Crippen molar-refractivity contribution in [3.05, 3.63) is 12.4 Å². The predicted octanol–water partition coefficient (Wildman–Crippen LogP) is 1.35. The fourth-order valence-electron chi connectivity index (χ4n) is 2.89. The van der Waals surface area contributed by atoms with Crippen LogP contribution in [-0.2, 0) is 16.6 Å². The number of hydrogen-bond donors (Lipinski definition) is 2. The summed E-state index contributed by atoms with van der Waals surface area (Å²) in [6.45, 7) is 3.59. The van der Waals surface area contributed by atoms with Crippen LogP contribution in [0.5, 0.6) is 0 Å². The van der Waals surface area contributed by atoms with E-state index < -0.39 is 10.0 Å². The van der Waals surface area contributed by atoms with E-state index in [1.165, 1.54) is 12.6 Å². The van der Waals surface area contributed by atoms with Crippen LogP contribution in [0.1, 0.15) is 39.0 Å². The van der Waals surface area contributed by atoms with Crippen LogP contribution < -0.4 is 10.0 Å². The summed E-state index contributed by atoms with van der Waals surface area (Å²) >= 11 is 0. The molecule has 1 aliphatic rings. The first-order chi connectivity index (χ1) is 10.0. The third kappa shape index (κ3) is 4.52. The monoisotopic (exact) mass is 314 g/mol. The van der Waals surface area contributed by atoms with Gasteiger partial charge in [0.15, 0.2) is 0 Å². The molecule has 1 saturated carbocycles. The van der Waals surface area contributed by atoms with Crippen LogP contribution >= 0.6 is 0 Å². The molecule has 1 heterocycles. The van der Waals surface area contributed by atoms with Gasteiger partial charge < -0.3 is 5.32 Å². The van der Waals surface area contributed by atoms with Crippen LogP contribution in [0.25, 0.3) is 0 Å². The Morgan fingerprint density at radius 2 is 2.24 bits per heavy atom. The third-order valence-electron chi connectivity index (χ3n) is 4.19. The first-order valence-corrected chi connectivity index (χ1v) is 9.23. The summed E-state index contributed by atoms with van der Waals surface area (Å²) in [7, 11) is -1.59. The van der Waals surface area contributed by atoms with Crippen molar-refractivity contribution in [3.8, 4) is 0 Å². The number of hydrogen-bond acceptors (Lipinski definition) is 4. The van der Waals surface area contributed by atoms with Gasteiger partial charge in [-0.2, -0.15) is 5.10 Å². The van der Waals surface area contributed by atoms with Gasteiger partial charge in [0.1, 0.15) is 4.90 Å². The van der Waals surface area contributed by atoms with Crippen LogP contribution in [0.4, 0.5) is 0 Å². The zero-order valence-electron chi connectivity index (χ0n) is 12.9. The zero-order chi connectivity index (χ0) is 15.3. The SMILES string of the molecule is CCC1CCCC(NS(=O)(=O)c2cnn(CCNC)c2)C1. The molecule has 1 aromatic heterocycles. The molecule has 2 N–H and O–H groups in total. The minimum Gasteiger partial charge on any atom is -0.318 e. The summed E-state index contributed by atoms with van der Waals surface area (Å²) in [6, 6.07) is 0.0642. The molecule has 0 bridgehead atoms. The first kappa shape index (κ1) is 16.5. The number of likely N-dealkylation sites (N-methyl/N-ethyl adjacent to an activating group) is 1. The molecule has 0 saturated heterocycles. The Morgan fingerprint density at radius 1 is 1.43 bits per heavy atom. The van der Waals surface area contributed by atoms with Crippen molar-refractivity contribution in [2.45, 2.75) is 56.5 Å². The molecule has 0 aromatic carbocycles. The second-order valence-corrected chi connectivity index (χ2v) is 7.52. The second-order valence-electron chi connectivity index (χ2n) is 5.80. The lowest BCUT2D eigenvalue weighted by atomic mass is 9.85. The molecule has 2 rings (SSSR count). The maximum absolute atomic E-state index is 12.4. The van der Waals surface area contributed by atoms with E-state index >= 15 is 0 Å². The van der Waals surface area contributed by atoms with Crippen molar-refractivity contribution >= 4 is 10.0 Å². The van der Waals surface area contributed by atoms with Gasteiger partial charge in [0, 0.05) is 18.8 Å². The third-order valence-corrected chi connectivity index (χ3v) is 5.67. The Labute approximate surface area is 127 Å². The largest absolute Gasteiger partial charge is 0.318 e. The molecule has 6 nitrogen and oxygen atoms in total. The molecular weight excluding hydrogens is 288 g/mol. The summed E-state index contributed by atoms with van der Waals surface area (Å²) in [5, 5.41) is 7.12. The van der Waals surface area contributed by atoms with E-state index in [1.807, 2.05) is 7.05 Å². The standard InChI is InChI=1S/C14H26N4O2S/c1-3-12-5-4-6-13(9-12)17-21(19,20)14-10-16-18(11-14)8-7-15-2/h10-13,15,17H,3-9H2,1-2H3. The highest BCUT2D eigenvalue weighted by Gasteiger charge is 2.26. The molecule has 0 aliphatic heterocycles. The Hall–Kier alpha value is -0.920. The lowest BCUT2D eigenvalue weighted by Gasteiger charge is -2.28. The average Bonchev–Trinajstić information content (AvgIpc) is 2.94. The van der Waals surface area contributed by atoms with Gasteiger partial charge in [-0.05, 0) is 25.8 Å². The Bertz CT molecular complexity index is 541. The highest BCUT2D eigenvalue weighted by atomic mass is 32.2. The van der Waals surface area contributed by atoms with Gasteiger partial charge in [0.05, 0.1) is 12.7 Å². The van der Waals surface area contributed by atoms with Crippen molar-refractivity contribution in [1.82, 2.24) is 19.8 Å². The van der Waals surface area contributed by atoms with Crippen LogP contribution in [0.2, 0.25) is 0 Å². The number of nitrogens with zero attached hydrogens (tertiary/aromatic N) is 2. The Morgan fingerprint density at radius 3 is 2.95 bits per heavy atom. The van der Waals surface area contributed by atoms with Gasteiger partial charge >= 0.3 is 0 Å². The van der Waals surface area contributed by atoms with E-state index in [0.29, 0.717) is 12.5 Å². The number of rotatable bonds is 7. The lowest BCUT2D eigenvalue weighted by Crippen LogP contribution is -2.38. The number of nitrogens with one attached hydrogen (secondary N) is 2. The van der Waals surface area contributed by atoms with Gasteiger partial charge in [-0.1, -0.05) is 26.2 Å². The van der Waals surface area contributed by atoms with Crippen molar-refractivity contribution < 1.29 is 8.42 Å². The first-order valence-electron chi connectivity index (χ1n) is 7.74. The van der Waals surface area contributed by atoms with Gasteiger partial charge in [-0.15, -0.1) is 0 Å². The van der Waals surface area contributed by atoms with E-state index in [4.69, 9.17) is 0 Å². The smallest absolute Gasteiger partial charge is 0.243 e. The molecule has 2 unspecified atom stereocenters. The fraction of sp³-hybridized carbons (Fsp3) is 0.786. The van der Waals surface area contributed by atoms with Crippen molar-refractivity contribution in [1.29, 1.82) is 0 Å². The predicted molar refractivity (Wildman–Crippen MR) is 82.5 cm³/mol. The van der Waals surface area contributed by atoms with Crippen molar-refractivity contribution in [3.63, 3.8) is 0 Å². The summed E-state index contributed by atoms with van der Waals surface area (Å²) < 4.78 is 29.3. The quantitative estimate of drug-likeness (QED) is 0.796. The van der Waals surface area contributed by atoms with Crippen LogP contribution in [0, 0.1) is 5.92 Å². The molecule has 1 aromatic rings. The van der Waals surface area contributed by atoms with Crippen molar-refractivity contribution in [2.75, 3.05) is 13.6 Å². The fourth-order valence-corrected chi connectivity index (χ4v) is 4.12. The van der Waals surface area contributed by atoms with E-state index in [2.05, 4.69) is 22.1 Å². The topological polar surface area (TPSA) is 76.0 Å². The van der Waals surface area contributed by atoms with Gasteiger partial charge in [-0.3, -0.25) is 4.68 Å². The lowest BCUT2D eigenvalue weighted by molar-refractivity contribution is 0.301. The molecule has 2 atom stereocenters. The molecule has 0 amide bonds. The van der Waals surface area contributed by atoms with E-state index in [9.17, 15) is 8.42 Å². The number of aromatic nitrogens is 2. The second kappa shape index (κ2) is 7.38. The van der Waals surface area contributed by atoms with Gasteiger partial charge in [0.25, 0.3) is 0 Å². The van der Waals surface area contributed by atoms with Crippen LogP contribution in [0.3, 0.4) is 0 Å². The van der Waals surface area contributed by atoms with Crippen LogP contribution in [0.15, 0.2) is 17.3 Å². The molecule has 0 radical (unpaired) electrons. The zero-order valence-corrected chi connectivity index (χ0v) is 13.7. The molecule has 1 fully saturated rings. The molecule has 21 heavy (non-hydrogen) atoms.